The fraction of sp³-hybridized carbons (Fsp3) is 0.317. The summed E-state index contributed by atoms with van der Waals surface area (Å²) in [6.45, 7) is 5.57. The molecule has 4 bridgehead atoms. The van der Waals surface area contributed by atoms with Crippen LogP contribution in [0.5, 0.6) is 0 Å². The van der Waals surface area contributed by atoms with Gasteiger partial charge in [0.15, 0.2) is 0 Å². The third-order valence-corrected chi connectivity index (χ3v) is 12.8. The number of benzene rings is 3. The summed E-state index contributed by atoms with van der Waals surface area (Å²) < 4.78 is 5.24. The molecule has 0 aliphatic carbocycles. The topological polar surface area (TPSA) is 127 Å². The van der Waals surface area contributed by atoms with E-state index in [2.05, 4.69) is 52.0 Å². The highest BCUT2D eigenvalue weighted by Crippen LogP contribution is 2.48. The molecule has 1 aromatic heterocycles. The van der Waals surface area contributed by atoms with Gasteiger partial charge in [0.2, 0.25) is 11.8 Å². The number of cyclic esters (lactones) is 1. The van der Waals surface area contributed by atoms with Gasteiger partial charge in [0.25, 0.3) is 0 Å². The van der Waals surface area contributed by atoms with Crippen LogP contribution in [0, 0.1) is 5.92 Å². The third-order valence-electron chi connectivity index (χ3n) is 9.08. The second kappa shape index (κ2) is 17.1. The molecule has 6 rings (SSSR count). The minimum Gasteiger partial charge on any atom is -0.456 e. The number of ketones is 1. The lowest BCUT2D eigenvalue weighted by atomic mass is 9.84. The molecule has 0 unspecified atom stereocenters. The summed E-state index contributed by atoms with van der Waals surface area (Å²) in [7, 11) is 0. The standard InChI is InChI=1S/C41H42N4O5S3/c1-27(2)36-38(48)50-32(22-34(47)42-23-35-43-33(25-51-35)37-45-40(3,26-52-37)39(49)44-36)21-13-20-31(46)24-53-41(28-14-7-4-8-15-28,29-16-9-5-10-17-29)30-18-11-6-12-19-30/h4-19,21,25,27,32,36H,20,22-24,26H2,1-3H3,(H,42,47)(H,44,49)/b21-13+/t32-,36+,40+/m1/s1. The van der Waals surface area contributed by atoms with Gasteiger partial charge < -0.3 is 15.4 Å². The van der Waals surface area contributed by atoms with Crippen LogP contribution in [0.3, 0.4) is 0 Å². The summed E-state index contributed by atoms with van der Waals surface area (Å²) >= 11 is 4.39. The van der Waals surface area contributed by atoms with Crippen LogP contribution in [-0.4, -0.2) is 62.8 Å². The minimum absolute atomic E-state index is 0.0306. The fourth-order valence-corrected chi connectivity index (χ4v) is 9.53. The average molecular weight is 767 g/mol. The van der Waals surface area contributed by atoms with Gasteiger partial charge in [-0.25, -0.2) is 9.78 Å². The largest absolute Gasteiger partial charge is 0.456 e. The molecule has 12 heteroatoms. The lowest BCUT2D eigenvalue weighted by Crippen LogP contribution is -2.53. The van der Waals surface area contributed by atoms with Crippen LogP contribution in [0.15, 0.2) is 114 Å². The Bertz CT molecular complexity index is 1890. The van der Waals surface area contributed by atoms with Crippen molar-refractivity contribution < 1.29 is 23.9 Å². The maximum Gasteiger partial charge on any atom is 0.329 e. The van der Waals surface area contributed by atoms with Gasteiger partial charge in [0, 0.05) is 17.6 Å². The van der Waals surface area contributed by atoms with Gasteiger partial charge in [-0.15, -0.1) is 34.9 Å². The molecule has 0 fully saturated rings. The number of nitrogens with zero attached hydrogens (tertiary/aromatic N) is 2. The summed E-state index contributed by atoms with van der Waals surface area (Å²) in [6, 6.07) is 29.6. The summed E-state index contributed by atoms with van der Waals surface area (Å²) in [5.41, 5.74) is 2.75. The van der Waals surface area contributed by atoms with Crippen LogP contribution >= 0.6 is 34.9 Å². The number of rotatable bonds is 10. The highest BCUT2D eigenvalue weighted by atomic mass is 32.2. The van der Waals surface area contributed by atoms with E-state index in [1.54, 1.807) is 30.8 Å². The molecule has 3 atom stereocenters. The second-order valence-electron chi connectivity index (χ2n) is 13.5. The molecule has 0 spiro atoms. The molecule has 0 saturated heterocycles. The third kappa shape index (κ3) is 9.00. The lowest BCUT2D eigenvalue weighted by molar-refractivity contribution is -0.153. The summed E-state index contributed by atoms with van der Waals surface area (Å²) in [6.07, 6.45) is 2.18. The maximum absolute atomic E-state index is 13.6. The monoisotopic (exact) mass is 766 g/mol. The number of hydrogen-bond donors (Lipinski definition) is 2. The number of ether oxygens (including phenoxy) is 1. The number of thiazole rings is 1. The van der Waals surface area contributed by atoms with Crippen LogP contribution in [0.1, 0.15) is 61.0 Å². The minimum atomic E-state index is -1.08. The first-order valence-corrected chi connectivity index (χ1v) is 20.4. The molecule has 0 saturated carbocycles. The van der Waals surface area contributed by atoms with Crippen molar-refractivity contribution in [1.82, 2.24) is 15.6 Å². The Balaban J connectivity index is 1.20. The fourth-order valence-electron chi connectivity index (χ4n) is 6.20. The number of aliphatic imine (C=N–C) groups is 1. The van der Waals surface area contributed by atoms with Gasteiger partial charge in [-0.1, -0.05) is 111 Å². The molecule has 3 heterocycles. The zero-order valence-corrected chi connectivity index (χ0v) is 32.3. The van der Waals surface area contributed by atoms with Gasteiger partial charge in [-0.3, -0.25) is 19.4 Å². The second-order valence-corrected chi connectivity index (χ2v) is 16.6. The molecule has 9 nitrogen and oxygen atoms in total. The Hall–Kier alpha value is -4.52. The number of hydrogen-bond acceptors (Lipinski definition) is 10. The zero-order chi connectivity index (χ0) is 37.4. The van der Waals surface area contributed by atoms with Crippen LogP contribution in [0.2, 0.25) is 0 Å². The molecular weight excluding hydrogens is 725 g/mol. The number of thioether (sulfide) groups is 2. The van der Waals surface area contributed by atoms with Crippen LogP contribution in [-0.2, 0) is 35.2 Å². The van der Waals surface area contributed by atoms with E-state index in [9.17, 15) is 19.2 Å². The SMILES string of the molecule is CC(C)[C@@H]1NC(=O)[C@]2(C)CSC(=N2)c2csc(n2)CNC(=O)C[C@@H](/C=C/CC(=O)CSC(c2ccccc2)(c2ccccc2)c2ccccc2)OC1=O. The number of carbonyl (C=O) groups excluding carboxylic acids is 4. The maximum atomic E-state index is 13.6. The number of nitrogens with one attached hydrogen (secondary N) is 2. The summed E-state index contributed by atoms with van der Waals surface area (Å²) in [5, 5.41) is 8.94. The van der Waals surface area contributed by atoms with Gasteiger partial charge >= 0.3 is 5.97 Å². The van der Waals surface area contributed by atoms with Crippen molar-refractivity contribution in [2.24, 2.45) is 10.9 Å². The van der Waals surface area contributed by atoms with E-state index >= 15 is 0 Å². The predicted molar refractivity (Wildman–Crippen MR) is 213 cm³/mol. The van der Waals surface area contributed by atoms with E-state index < -0.39 is 28.4 Å². The predicted octanol–water partition coefficient (Wildman–Crippen LogP) is 6.71. The normalized spacial score (nSPS) is 21.2. The van der Waals surface area contributed by atoms with Gasteiger partial charge in [0.1, 0.15) is 39.2 Å². The van der Waals surface area contributed by atoms with Gasteiger partial charge in [-0.05, 0) is 35.6 Å². The number of aromatic nitrogens is 1. The Labute approximate surface area is 322 Å². The highest BCUT2D eigenvalue weighted by molar-refractivity contribution is 8.14. The molecule has 2 aliphatic rings. The number of carbonyl (C=O) groups is 4. The van der Waals surface area contributed by atoms with E-state index in [1.165, 1.54) is 23.1 Å². The Morgan fingerprint density at radius 1 is 0.981 bits per heavy atom. The summed E-state index contributed by atoms with van der Waals surface area (Å²) in [5.74, 6) is -1.12. The van der Waals surface area contributed by atoms with Crippen LogP contribution in [0.4, 0.5) is 0 Å². The molecule has 2 N–H and O–H groups in total. The van der Waals surface area contributed by atoms with E-state index in [0.29, 0.717) is 21.5 Å². The molecule has 2 amide bonds. The smallest absolute Gasteiger partial charge is 0.329 e. The molecule has 2 aliphatic heterocycles. The number of amides is 2. The first kappa shape index (κ1) is 38.2. The Kier molecular flexibility index (Phi) is 12.3. The zero-order valence-electron chi connectivity index (χ0n) is 29.8. The molecule has 274 valence electrons. The van der Waals surface area contributed by atoms with Gasteiger partial charge in [-0.2, -0.15) is 0 Å². The van der Waals surface area contributed by atoms with Crippen molar-refractivity contribution in [3.05, 3.63) is 136 Å². The van der Waals surface area contributed by atoms with E-state index in [0.717, 1.165) is 16.7 Å². The molecular formula is C41H42N4O5S3. The van der Waals surface area contributed by atoms with Crippen molar-refractivity contribution in [3.63, 3.8) is 0 Å². The molecule has 53 heavy (non-hydrogen) atoms. The Morgan fingerprint density at radius 3 is 2.17 bits per heavy atom. The van der Waals surface area contributed by atoms with Crippen molar-refractivity contribution >= 4 is 63.5 Å². The number of Topliss-reactive ketones (excluding diaryl/α,β-unsaturated/α-hetero) is 1. The number of fused-ring (bicyclic) bond motifs is 4. The van der Waals surface area contributed by atoms with Crippen molar-refractivity contribution in [2.75, 3.05) is 11.5 Å². The quantitative estimate of drug-likeness (QED) is 0.104. The van der Waals surface area contributed by atoms with Crippen LogP contribution < -0.4 is 10.6 Å². The van der Waals surface area contributed by atoms with E-state index in [4.69, 9.17) is 9.73 Å². The first-order valence-electron chi connectivity index (χ1n) is 17.5. The van der Waals surface area contributed by atoms with E-state index in [-0.39, 0.29) is 48.7 Å². The first-order chi connectivity index (χ1) is 25.6. The van der Waals surface area contributed by atoms with Crippen LogP contribution in [0.25, 0.3) is 0 Å². The molecule has 0 radical (unpaired) electrons. The molecule has 4 aromatic rings. The van der Waals surface area contributed by atoms with Crippen molar-refractivity contribution in [2.45, 2.75) is 62.6 Å². The summed E-state index contributed by atoms with van der Waals surface area (Å²) in [4.78, 5) is 63.2. The van der Waals surface area contributed by atoms with Crippen molar-refractivity contribution in [3.8, 4) is 0 Å². The Morgan fingerprint density at radius 2 is 1.58 bits per heavy atom. The number of esters is 1. The molecule has 3 aromatic carbocycles. The van der Waals surface area contributed by atoms with Crippen molar-refractivity contribution in [1.29, 1.82) is 0 Å². The number of allylic oxidation sites excluding steroid dienone is 1. The highest BCUT2D eigenvalue weighted by Gasteiger charge is 2.42. The lowest BCUT2D eigenvalue weighted by Gasteiger charge is -2.35. The van der Waals surface area contributed by atoms with E-state index in [1.807, 2.05) is 73.8 Å². The van der Waals surface area contributed by atoms with Gasteiger partial charge in [0.05, 0.1) is 23.5 Å². The average Bonchev–Trinajstić information content (AvgIpc) is 3.81.